The first kappa shape index (κ1) is 12.4. The van der Waals surface area contributed by atoms with Crippen molar-refractivity contribution in [3.63, 3.8) is 0 Å². The topological polar surface area (TPSA) is 33.1 Å². The molecule has 0 aliphatic heterocycles. The van der Waals surface area contributed by atoms with Crippen molar-refractivity contribution in [1.82, 2.24) is 4.98 Å². The Balaban J connectivity index is 1.99. The van der Waals surface area contributed by atoms with Gasteiger partial charge in [-0.25, -0.2) is 0 Å². The number of aliphatic hydroxyl groups excluding tert-OH is 1. The molecule has 0 aromatic carbocycles. The first-order valence-electron chi connectivity index (χ1n) is 5.65. The molecule has 1 aromatic rings. The summed E-state index contributed by atoms with van der Waals surface area (Å²) in [6, 6.07) is 2.49. The zero-order chi connectivity index (χ0) is 12.5. The zero-order valence-corrected chi connectivity index (χ0v) is 9.24. The fraction of sp³-hybridized carbons (Fsp3) is 0.583. The molecule has 5 heteroatoms. The number of halogens is 3. The van der Waals surface area contributed by atoms with E-state index in [0.717, 1.165) is 30.9 Å². The molecule has 1 aliphatic rings. The van der Waals surface area contributed by atoms with Crippen LogP contribution in [0.15, 0.2) is 18.3 Å². The van der Waals surface area contributed by atoms with E-state index in [1.807, 2.05) is 0 Å². The summed E-state index contributed by atoms with van der Waals surface area (Å²) in [6.07, 6.45) is -0.179. The number of aromatic nitrogens is 1. The number of hydrogen-bond donors (Lipinski definition) is 1. The predicted molar refractivity (Wildman–Crippen MR) is 56.3 cm³/mol. The normalized spacial score (nSPS) is 25.2. The van der Waals surface area contributed by atoms with Crippen LogP contribution in [0.4, 0.5) is 13.2 Å². The Hall–Kier alpha value is -1.10. The van der Waals surface area contributed by atoms with Crippen LogP contribution >= 0.6 is 0 Å². The van der Waals surface area contributed by atoms with Gasteiger partial charge >= 0.3 is 6.18 Å². The van der Waals surface area contributed by atoms with Crippen molar-refractivity contribution in [1.29, 1.82) is 0 Å². The number of rotatable bonds is 2. The quantitative estimate of drug-likeness (QED) is 0.869. The Morgan fingerprint density at radius 3 is 2.53 bits per heavy atom. The molecule has 2 unspecified atom stereocenters. The van der Waals surface area contributed by atoms with Crippen molar-refractivity contribution in [2.75, 3.05) is 0 Å². The average Bonchev–Trinajstić information content (AvgIpc) is 2.63. The molecule has 0 bridgehead atoms. The van der Waals surface area contributed by atoms with Crippen molar-refractivity contribution in [2.45, 2.75) is 38.0 Å². The SMILES string of the molecule is OC1CCC(Cc2ccc(C(F)(F)F)nc2)C1. The van der Waals surface area contributed by atoms with Gasteiger partial charge in [-0.2, -0.15) is 13.2 Å². The van der Waals surface area contributed by atoms with E-state index in [1.54, 1.807) is 0 Å². The predicted octanol–water partition coefficient (Wildman–Crippen LogP) is 2.80. The fourth-order valence-corrected chi connectivity index (χ4v) is 2.28. The maximum absolute atomic E-state index is 12.3. The maximum atomic E-state index is 12.3. The van der Waals surface area contributed by atoms with Gasteiger partial charge < -0.3 is 5.11 Å². The van der Waals surface area contributed by atoms with E-state index in [-0.39, 0.29) is 6.10 Å². The molecule has 1 N–H and O–H groups in total. The minimum absolute atomic E-state index is 0.248. The third kappa shape index (κ3) is 3.19. The van der Waals surface area contributed by atoms with Gasteiger partial charge in [-0.1, -0.05) is 6.07 Å². The van der Waals surface area contributed by atoms with E-state index in [9.17, 15) is 18.3 Å². The lowest BCUT2D eigenvalue weighted by atomic mass is 9.99. The van der Waals surface area contributed by atoms with E-state index in [4.69, 9.17) is 0 Å². The summed E-state index contributed by atoms with van der Waals surface area (Å²) in [6.45, 7) is 0. The zero-order valence-electron chi connectivity index (χ0n) is 9.24. The summed E-state index contributed by atoms with van der Waals surface area (Å²) in [4.78, 5) is 3.42. The molecular formula is C12H14F3NO. The molecule has 2 atom stereocenters. The van der Waals surface area contributed by atoms with Gasteiger partial charge in [0, 0.05) is 6.20 Å². The average molecular weight is 245 g/mol. The Morgan fingerprint density at radius 2 is 2.06 bits per heavy atom. The Labute approximate surface area is 97.5 Å². The van der Waals surface area contributed by atoms with Gasteiger partial charge in [-0.3, -0.25) is 4.98 Å². The molecule has 1 saturated carbocycles. The van der Waals surface area contributed by atoms with Crippen LogP contribution in [-0.2, 0) is 12.6 Å². The number of alkyl halides is 3. The molecule has 1 aromatic heterocycles. The van der Waals surface area contributed by atoms with Crippen LogP contribution < -0.4 is 0 Å². The van der Waals surface area contributed by atoms with Crippen molar-refractivity contribution in [2.24, 2.45) is 5.92 Å². The van der Waals surface area contributed by atoms with E-state index >= 15 is 0 Å². The molecule has 0 amide bonds. The third-order valence-corrected chi connectivity index (χ3v) is 3.15. The second-order valence-corrected chi connectivity index (χ2v) is 4.59. The molecule has 1 aliphatic carbocycles. The fourth-order valence-electron chi connectivity index (χ4n) is 2.28. The molecule has 0 saturated heterocycles. The van der Waals surface area contributed by atoms with E-state index in [1.165, 1.54) is 12.3 Å². The molecule has 0 radical (unpaired) electrons. The number of nitrogens with zero attached hydrogens (tertiary/aromatic N) is 1. The van der Waals surface area contributed by atoms with E-state index < -0.39 is 11.9 Å². The maximum Gasteiger partial charge on any atom is 0.433 e. The van der Waals surface area contributed by atoms with E-state index in [2.05, 4.69) is 4.98 Å². The van der Waals surface area contributed by atoms with Gasteiger partial charge in [0.2, 0.25) is 0 Å². The van der Waals surface area contributed by atoms with Crippen molar-refractivity contribution < 1.29 is 18.3 Å². The lowest BCUT2D eigenvalue weighted by molar-refractivity contribution is -0.141. The third-order valence-electron chi connectivity index (χ3n) is 3.15. The van der Waals surface area contributed by atoms with Crippen molar-refractivity contribution >= 4 is 0 Å². The number of pyridine rings is 1. The van der Waals surface area contributed by atoms with Gasteiger partial charge in [-0.05, 0) is 43.2 Å². The monoisotopic (exact) mass is 245 g/mol. The van der Waals surface area contributed by atoms with Gasteiger partial charge in [0.25, 0.3) is 0 Å². The van der Waals surface area contributed by atoms with Gasteiger partial charge in [0.05, 0.1) is 6.10 Å². The van der Waals surface area contributed by atoms with Crippen molar-refractivity contribution in [3.05, 3.63) is 29.6 Å². The first-order valence-corrected chi connectivity index (χ1v) is 5.65. The summed E-state index contributed by atoms with van der Waals surface area (Å²) in [5.41, 5.74) is -0.0511. The lowest BCUT2D eigenvalue weighted by Gasteiger charge is -2.10. The minimum atomic E-state index is -4.37. The largest absolute Gasteiger partial charge is 0.433 e. The smallest absolute Gasteiger partial charge is 0.393 e. The highest BCUT2D eigenvalue weighted by atomic mass is 19.4. The molecule has 17 heavy (non-hydrogen) atoms. The highest BCUT2D eigenvalue weighted by molar-refractivity contribution is 5.16. The summed E-state index contributed by atoms with van der Waals surface area (Å²) >= 11 is 0. The molecule has 1 fully saturated rings. The summed E-state index contributed by atoms with van der Waals surface area (Å²) in [7, 11) is 0. The summed E-state index contributed by atoms with van der Waals surface area (Å²) in [5.74, 6) is 0.364. The molecular weight excluding hydrogens is 231 g/mol. The van der Waals surface area contributed by atoms with Gasteiger partial charge in [-0.15, -0.1) is 0 Å². The lowest BCUT2D eigenvalue weighted by Crippen LogP contribution is -2.09. The number of hydrogen-bond acceptors (Lipinski definition) is 2. The van der Waals surface area contributed by atoms with Gasteiger partial charge in [0.1, 0.15) is 5.69 Å². The minimum Gasteiger partial charge on any atom is -0.393 e. The molecule has 2 rings (SSSR count). The summed E-state index contributed by atoms with van der Waals surface area (Å²) in [5, 5.41) is 9.36. The Kier molecular flexibility index (Phi) is 3.38. The van der Waals surface area contributed by atoms with Crippen molar-refractivity contribution in [3.8, 4) is 0 Å². The Bertz CT molecular complexity index is 374. The van der Waals surface area contributed by atoms with Crippen LogP contribution in [0.25, 0.3) is 0 Å². The van der Waals surface area contributed by atoms with E-state index in [0.29, 0.717) is 12.3 Å². The molecule has 0 spiro atoms. The molecule has 2 nitrogen and oxygen atoms in total. The second kappa shape index (κ2) is 4.64. The summed E-state index contributed by atoms with van der Waals surface area (Å²) < 4.78 is 36.8. The molecule has 94 valence electrons. The van der Waals surface area contributed by atoms with Crippen LogP contribution in [0.2, 0.25) is 0 Å². The second-order valence-electron chi connectivity index (χ2n) is 4.59. The first-order chi connectivity index (χ1) is 7.95. The molecule has 1 heterocycles. The van der Waals surface area contributed by atoms with Crippen LogP contribution in [0.5, 0.6) is 0 Å². The number of aliphatic hydroxyl groups is 1. The van der Waals surface area contributed by atoms with Crippen LogP contribution in [0.3, 0.4) is 0 Å². The highest BCUT2D eigenvalue weighted by Crippen LogP contribution is 2.30. The van der Waals surface area contributed by atoms with Crippen LogP contribution in [0, 0.1) is 5.92 Å². The standard InChI is InChI=1S/C12H14F3NO/c13-12(14,15)11-4-2-9(7-16-11)5-8-1-3-10(17)6-8/h2,4,7-8,10,17H,1,3,5-6H2. The Morgan fingerprint density at radius 1 is 1.29 bits per heavy atom. The van der Waals surface area contributed by atoms with Gasteiger partial charge in [0.15, 0.2) is 0 Å². The van der Waals surface area contributed by atoms with Crippen LogP contribution in [-0.4, -0.2) is 16.2 Å². The van der Waals surface area contributed by atoms with Crippen LogP contribution in [0.1, 0.15) is 30.5 Å². The highest BCUT2D eigenvalue weighted by Gasteiger charge is 2.32.